The van der Waals surface area contributed by atoms with Gasteiger partial charge < -0.3 is 15.2 Å². The normalized spacial score (nSPS) is 15.2. The van der Waals surface area contributed by atoms with E-state index >= 15 is 0 Å². The predicted octanol–water partition coefficient (Wildman–Crippen LogP) is 2.80. The Morgan fingerprint density at radius 1 is 1.28 bits per heavy atom. The Bertz CT molecular complexity index is 395. The molecule has 0 spiro atoms. The van der Waals surface area contributed by atoms with Gasteiger partial charge in [-0.2, -0.15) is 0 Å². The molecule has 1 atom stereocenters. The Kier molecular flexibility index (Phi) is 4.59. The summed E-state index contributed by atoms with van der Waals surface area (Å²) in [4.78, 5) is 0. The van der Waals surface area contributed by atoms with Crippen molar-refractivity contribution in [3.63, 3.8) is 0 Å². The highest BCUT2D eigenvalue weighted by atomic mass is 19.4. The van der Waals surface area contributed by atoms with Gasteiger partial charge in [0.15, 0.2) is 0 Å². The summed E-state index contributed by atoms with van der Waals surface area (Å²) < 4.78 is 45.2. The van der Waals surface area contributed by atoms with E-state index in [9.17, 15) is 13.2 Å². The van der Waals surface area contributed by atoms with Crippen LogP contribution in [0.5, 0.6) is 5.75 Å². The average Bonchev–Trinajstić information content (AvgIpc) is 2.27. The Hall–Kier alpha value is -1.27. The molecule has 0 aliphatic rings. The SMILES string of the molecule is CCC(N)(COC)c1cccc(OC(F)(F)F)c1. The van der Waals surface area contributed by atoms with Gasteiger partial charge in [0.2, 0.25) is 0 Å². The number of nitrogens with two attached hydrogens (primary N) is 1. The summed E-state index contributed by atoms with van der Waals surface area (Å²) in [5.74, 6) is -0.278. The fourth-order valence-electron chi connectivity index (χ4n) is 1.65. The third kappa shape index (κ3) is 3.89. The first-order chi connectivity index (χ1) is 8.30. The molecule has 1 unspecified atom stereocenters. The van der Waals surface area contributed by atoms with E-state index in [1.54, 1.807) is 6.07 Å². The molecule has 3 nitrogen and oxygen atoms in total. The zero-order valence-corrected chi connectivity index (χ0v) is 10.3. The second-order valence-electron chi connectivity index (χ2n) is 4.02. The standard InChI is InChI=1S/C12H16F3NO2/c1-3-11(16,8-17-2)9-5-4-6-10(7-9)18-12(13,14)15/h4-7H,3,8,16H2,1-2H3. The van der Waals surface area contributed by atoms with Crippen LogP contribution in [0, 0.1) is 0 Å². The van der Waals surface area contributed by atoms with Crippen LogP contribution in [0.1, 0.15) is 18.9 Å². The lowest BCUT2D eigenvalue weighted by Gasteiger charge is -2.28. The minimum absolute atomic E-state index is 0.221. The monoisotopic (exact) mass is 263 g/mol. The lowest BCUT2D eigenvalue weighted by molar-refractivity contribution is -0.274. The highest BCUT2D eigenvalue weighted by Gasteiger charge is 2.32. The van der Waals surface area contributed by atoms with Crippen LogP contribution < -0.4 is 10.5 Å². The molecule has 2 N–H and O–H groups in total. The van der Waals surface area contributed by atoms with Crippen LogP contribution >= 0.6 is 0 Å². The first-order valence-electron chi connectivity index (χ1n) is 5.45. The minimum Gasteiger partial charge on any atom is -0.406 e. The van der Waals surface area contributed by atoms with Crippen LogP contribution in [-0.2, 0) is 10.3 Å². The highest BCUT2D eigenvalue weighted by molar-refractivity contribution is 5.33. The van der Waals surface area contributed by atoms with Crippen molar-refractivity contribution in [3.8, 4) is 5.75 Å². The molecular weight excluding hydrogens is 247 g/mol. The number of benzene rings is 1. The van der Waals surface area contributed by atoms with Gasteiger partial charge in [-0.05, 0) is 24.1 Å². The number of hydrogen-bond acceptors (Lipinski definition) is 3. The zero-order valence-electron chi connectivity index (χ0n) is 10.3. The maximum atomic E-state index is 12.1. The van der Waals surface area contributed by atoms with Crippen molar-refractivity contribution < 1.29 is 22.6 Å². The summed E-state index contributed by atoms with van der Waals surface area (Å²) in [6, 6.07) is 5.66. The van der Waals surface area contributed by atoms with Gasteiger partial charge in [0.25, 0.3) is 0 Å². The van der Waals surface area contributed by atoms with E-state index in [1.807, 2.05) is 6.92 Å². The Balaban J connectivity index is 3.00. The van der Waals surface area contributed by atoms with Gasteiger partial charge in [0, 0.05) is 7.11 Å². The predicted molar refractivity (Wildman–Crippen MR) is 61.2 cm³/mol. The van der Waals surface area contributed by atoms with Gasteiger partial charge in [0.05, 0.1) is 12.1 Å². The summed E-state index contributed by atoms with van der Waals surface area (Å²) in [5.41, 5.74) is 5.83. The maximum absolute atomic E-state index is 12.1. The molecule has 0 aliphatic heterocycles. The average molecular weight is 263 g/mol. The van der Waals surface area contributed by atoms with E-state index in [0.29, 0.717) is 12.0 Å². The van der Waals surface area contributed by atoms with Gasteiger partial charge >= 0.3 is 6.36 Å². The van der Waals surface area contributed by atoms with Crippen molar-refractivity contribution in [1.29, 1.82) is 0 Å². The first kappa shape index (κ1) is 14.8. The molecule has 0 amide bonds. The van der Waals surface area contributed by atoms with E-state index in [1.165, 1.54) is 25.3 Å². The van der Waals surface area contributed by atoms with E-state index in [-0.39, 0.29) is 12.4 Å². The van der Waals surface area contributed by atoms with Gasteiger partial charge in [-0.1, -0.05) is 19.1 Å². The molecule has 1 aromatic carbocycles. The fraction of sp³-hybridized carbons (Fsp3) is 0.500. The molecule has 0 fully saturated rings. The fourth-order valence-corrected chi connectivity index (χ4v) is 1.65. The smallest absolute Gasteiger partial charge is 0.406 e. The lowest BCUT2D eigenvalue weighted by atomic mass is 9.89. The Labute approximate surface area is 104 Å². The summed E-state index contributed by atoms with van der Waals surface area (Å²) in [5, 5.41) is 0. The molecular formula is C12H16F3NO2. The Morgan fingerprint density at radius 2 is 1.94 bits per heavy atom. The molecule has 102 valence electrons. The number of ether oxygens (including phenoxy) is 2. The molecule has 18 heavy (non-hydrogen) atoms. The molecule has 6 heteroatoms. The van der Waals surface area contributed by atoms with Crippen LogP contribution in [0.4, 0.5) is 13.2 Å². The quantitative estimate of drug-likeness (QED) is 0.888. The number of methoxy groups -OCH3 is 1. The molecule has 1 rings (SSSR count). The lowest BCUT2D eigenvalue weighted by Crippen LogP contribution is -2.40. The molecule has 0 radical (unpaired) electrons. The van der Waals surface area contributed by atoms with Gasteiger partial charge in [-0.25, -0.2) is 0 Å². The largest absolute Gasteiger partial charge is 0.573 e. The molecule has 0 saturated carbocycles. The molecule has 0 heterocycles. The number of hydrogen-bond donors (Lipinski definition) is 1. The number of halogens is 3. The van der Waals surface area contributed by atoms with Crippen molar-refractivity contribution >= 4 is 0 Å². The van der Waals surface area contributed by atoms with Crippen LogP contribution in [-0.4, -0.2) is 20.1 Å². The minimum atomic E-state index is -4.71. The van der Waals surface area contributed by atoms with Gasteiger partial charge in [-0.15, -0.1) is 13.2 Å². The summed E-state index contributed by atoms with van der Waals surface area (Å²) >= 11 is 0. The van der Waals surface area contributed by atoms with Crippen molar-refractivity contribution in [1.82, 2.24) is 0 Å². The first-order valence-corrected chi connectivity index (χ1v) is 5.45. The number of rotatable bonds is 5. The van der Waals surface area contributed by atoms with E-state index in [4.69, 9.17) is 10.5 Å². The third-order valence-electron chi connectivity index (χ3n) is 2.68. The topological polar surface area (TPSA) is 44.5 Å². The van der Waals surface area contributed by atoms with E-state index in [0.717, 1.165) is 0 Å². The number of alkyl halides is 3. The highest BCUT2D eigenvalue weighted by Crippen LogP contribution is 2.28. The summed E-state index contributed by atoms with van der Waals surface area (Å²) in [7, 11) is 1.49. The van der Waals surface area contributed by atoms with Gasteiger partial charge in [0.1, 0.15) is 5.75 Å². The second kappa shape index (κ2) is 5.58. The van der Waals surface area contributed by atoms with Crippen LogP contribution in [0.25, 0.3) is 0 Å². The summed E-state index contributed by atoms with van der Waals surface area (Å²) in [6.07, 6.45) is -4.17. The molecule has 0 aromatic heterocycles. The van der Waals surface area contributed by atoms with Crippen molar-refractivity contribution in [2.45, 2.75) is 25.2 Å². The molecule has 0 bridgehead atoms. The van der Waals surface area contributed by atoms with Crippen LogP contribution in [0.2, 0.25) is 0 Å². The van der Waals surface area contributed by atoms with Gasteiger partial charge in [-0.3, -0.25) is 0 Å². The summed E-state index contributed by atoms with van der Waals surface area (Å²) in [6.45, 7) is 2.06. The third-order valence-corrected chi connectivity index (χ3v) is 2.68. The van der Waals surface area contributed by atoms with E-state index < -0.39 is 11.9 Å². The second-order valence-corrected chi connectivity index (χ2v) is 4.02. The van der Waals surface area contributed by atoms with Crippen molar-refractivity contribution in [2.75, 3.05) is 13.7 Å². The van der Waals surface area contributed by atoms with Crippen molar-refractivity contribution in [2.24, 2.45) is 5.73 Å². The maximum Gasteiger partial charge on any atom is 0.573 e. The molecule has 0 saturated heterocycles. The molecule has 0 aliphatic carbocycles. The molecule has 1 aromatic rings. The zero-order chi connectivity index (χ0) is 13.8. The Morgan fingerprint density at radius 3 is 2.44 bits per heavy atom. The van der Waals surface area contributed by atoms with Crippen LogP contribution in [0.15, 0.2) is 24.3 Å². The van der Waals surface area contributed by atoms with E-state index in [2.05, 4.69) is 4.74 Å². The van der Waals surface area contributed by atoms with Crippen molar-refractivity contribution in [3.05, 3.63) is 29.8 Å². The van der Waals surface area contributed by atoms with Crippen LogP contribution in [0.3, 0.4) is 0 Å².